The van der Waals surface area contributed by atoms with Gasteiger partial charge >= 0.3 is 0 Å². The molecule has 0 spiro atoms. The van der Waals surface area contributed by atoms with Gasteiger partial charge in [0.15, 0.2) is 0 Å². The van der Waals surface area contributed by atoms with Gasteiger partial charge in [0.1, 0.15) is 11.6 Å². The highest BCUT2D eigenvalue weighted by atomic mass is 16.1. The molecule has 0 aromatic heterocycles. The number of allylic oxidation sites excluding steroid dienone is 3. The van der Waals surface area contributed by atoms with Gasteiger partial charge in [0, 0.05) is 0 Å². The van der Waals surface area contributed by atoms with Crippen molar-refractivity contribution >= 4 is 5.91 Å². The summed E-state index contributed by atoms with van der Waals surface area (Å²) in [7, 11) is 0. The molecule has 3 unspecified atom stereocenters. The van der Waals surface area contributed by atoms with Crippen LogP contribution in [-0.2, 0) is 4.79 Å². The smallest absolute Gasteiger partial charge is 0.259 e. The summed E-state index contributed by atoms with van der Waals surface area (Å²) in [4.78, 5) is 10.8. The molecular weight excluding hydrogens is 176 g/mol. The third-order valence-corrected chi connectivity index (χ3v) is 3.10. The lowest BCUT2D eigenvalue weighted by molar-refractivity contribution is -0.114. The number of nitriles is 1. The maximum atomic E-state index is 10.8. The molecule has 0 aromatic rings. The molecule has 72 valence electrons. The number of hydrogen-bond acceptors (Lipinski definition) is 2. The van der Waals surface area contributed by atoms with Crippen LogP contribution in [0.3, 0.4) is 0 Å². The maximum Gasteiger partial charge on any atom is 0.259 e. The number of primary amides is 1. The Balaban J connectivity index is 2.15. The Morgan fingerprint density at radius 2 is 2.29 bits per heavy atom. The first-order valence-corrected chi connectivity index (χ1v) is 4.80. The Morgan fingerprint density at radius 1 is 1.50 bits per heavy atom. The Hall–Kier alpha value is -1.56. The summed E-state index contributed by atoms with van der Waals surface area (Å²) >= 11 is 0. The molecule has 1 fully saturated rings. The Labute approximate surface area is 82.9 Å². The molecule has 2 aliphatic rings. The van der Waals surface area contributed by atoms with E-state index in [1.165, 1.54) is 6.42 Å². The van der Waals surface area contributed by atoms with E-state index in [1.54, 1.807) is 6.08 Å². The van der Waals surface area contributed by atoms with Gasteiger partial charge in [-0.2, -0.15) is 5.26 Å². The van der Waals surface area contributed by atoms with E-state index in [0.717, 1.165) is 6.42 Å². The van der Waals surface area contributed by atoms with E-state index in [1.807, 2.05) is 6.07 Å². The highest BCUT2D eigenvalue weighted by Crippen LogP contribution is 2.44. The number of amides is 1. The number of carbonyl (C=O) groups excluding carboxylic acids is 1. The Kier molecular flexibility index (Phi) is 2.12. The van der Waals surface area contributed by atoms with Crippen LogP contribution in [-0.4, -0.2) is 5.91 Å². The minimum absolute atomic E-state index is 0.107. The zero-order valence-corrected chi connectivity index (χ0v) is 7.81. The van der Waals surface area contributed by atoms with Gasteiger partial charge in [0.25, 0.3) is 5.91 Å². The number of nitrogens with zero attached hydrogens (tertiary/aromatic N) is 1. The van der Waals surface area contributed by atoms with Crippen LogP contribution < -0.4 is 5.73 Å². The number of fused-ring (bicyclic) bond motifs is 2. The van der Waals surface area contributed by atoms with E-state index >= 15 is 0 Å². The predicted octanol–water partition coefficient (Wildman–Crippen LogP) is 1.13. The summed E-state index contributed by atoms with van der Waals surface area (Å²) in [5, 5.41) is 8.69. The monoisotopic (exact) mass is 188 g/mol. The SMILES string of the molecule is N#C/C(=C\C1CC2C=CC1C2)C(N)=O. The molecule has 0 saturated heterocycles. The van der Waals surface area contributed by atoms with Gasteiger partial charge < -0.3 is 5.73 Å². The zero-order valence-electron chi connectivity index (χ0n) is 7.81. The first-order valence-electron chi connectivity index (χ1n) is 4.80. The molecule has 2 bridgehead atoms. The normalized spacial score (nSPS) is 34.5. The van der Waals surface area contributed by atoms with Crippen molar-refractivity contribution in [3.05, 3.63) is 23.8 Å². The van der Waals surface area contributed by atoms with Crippen LogP contribution in [0.25, 0.3) is 0 Å². The largest absolute Gasteiger partial charge is 0.365 e. The Bertz CT molecular complexity index is 362. The average Bonchev–Trinajstić information content (AvgIpc) is 2.74. The van der Waals surface area contributed by atoms with Crippen LogP contribution >= 0.6 is 0 Å². The highest BCUT2D eigenvalue weighted by Gasteiger charge is 2.34. The van der Waals surface area contributed by atoms with Crippen molar-refractivity contribution in [2.24, 2.45) is 23.5 Å². The van der Waals surface area contributed by atoms with E-state index in [4.69, 9.17) is 11.0 Å². The van der Waals surface area contributed by atoms with Gasteiger partial charge in [-0.25, -0.2) is 0 Å². The third-order valence-electron chi connectivity index (χ3n) is 3.10. The van der Waals surface area contributed by atoms with Crippen LogP contribution in [0.15, 0.2) is 23.8 Å². The summed E-state index contributed by atoms with van der Waals surface area (Å²) in [5.74, 6) is 0.892. The molecule has 3 heteroatoms. The minimum Gasteiger partial charge on any atom is -0.365 e. The predicted molar refractivity (Wildman–Crippen MR) is 51.7 cm³/mol. The van der Waals surface area contributed by atoms with Crippen LogP contribution in [0.1, 0.15) is 12.8 Å². The van der Waals surface area contributed by atoms with Gasteiger partial charge in [-0.3, -0.25) is 4.79 Å². The fourth-order valence-corrected chi connectivity index (χ4v) is 2.40. The molecule has 0 heterocycles. The lowest BCUT2D eigenvalue weighted by Crippen LogP contribution is -2.15. The van der Waals surface area contributed by atoms with E-state index in [0.29, 0.717) is 17.8 Å². The summed E-state index contributed by atoms with van der Waals surface area (Å²) < 4.78 is 0. The van der Waals surface area contributed by atoms with Gasteiger partial charge in [0.2, 0.25) is 0 Å². The molecule has 0 radical (unpaired) electrons. The first kappa shape index (κ1) is 9.01. The van der Waals surface area contributed by atoms with Crippen molar-refractivity contribution < 1.29 is 4.79 Å². The van der Waals surface area contributed by atoms with Crippen molar-refractivity contribution in [3.8, 4) is 6.07 Å². The topological polar surface area (TPSA) is 66.9 Å². The molecule has 1 saturated carbocycles. The molecule has 2 N–H and O–H groups in total. The zero-order chi connectivity index (χ0) is 10.1. The van der Waals surface area contributed by atoms with Crippen molar-refractivity contribution in [2.45, 2.75) is 12.8 Å². The van der Waals surface area contributed by atoms with Crippen LogP contribution in [0.4, 0.5) is 0 Å². The highest BCUT2D eigenvalue weighted by molar-refractivity contribution is 5.95. The average molecular weight is 188 g/mol. The van der Waals surface area contributed by atoms with Crippen molar-refractivity contribution in [1.82, 2.24) is 0 Å². The molecule has 3 atom stereocenters. The lowest BCUT2D eigenvalue weighted by atomic mass is 9.91. The van der Waals surface area contributed by atoms with Crippen molar-refractivity contribution in [3.63, 3.8) is 0 Å². The number of nitrogens with two attached hydrogens (primary N) is 1. The fourth-order valence-electron chi connectivity index (χ4n) is 2.40. The van der Waals surface area contributed by atoms with Crippen LogP contribution in [0, 0.1) is 29.1 Å². The summed E-state index contributed by atoms with van der Waals surface area (Å²) in [6, 6.07) is 1.85. The van der Waals surface area contributed by atoms with Gasteiger partial charge in [-0.1, -0.05) is 18.2 Å². The number of rotatable bonds is 2. The number of carbonyl (C=O) groups is 1. The second-order valence-electron chi connectivity index (χ2n) is 4.00. The summed E-state index contributed by atoms with van der Waals surface area (Å²) in [5.41, 5.74) is 5.18. The maximum absolute atomic E-state index is 10.8. The van der Waals surface area contributed by atoms with E-state index < -0.39 is 5.91 Å². The van der Waals surface area contributed by atoms with E-state index in [-0.39, 0.29) is 5.57 Å². The summed E-state index contributed by atoms with van der Waals surface area (Å²) in [6.07, 6.45) is 8.38. The first-order chi connectivity index (χ1) is 6.70. The van der Waals surface area contributed by atoms with Crippen LogP contribution in [0.5, 0.6) is 0 Å². The van der Waals surface area contributed by atoms with E-state index in [9.17, 15) is 4.79 Å². The lowest BCUT2D eigenvalue weighted by Gasteiger charge is -2.13. The third kappa shape index (κ3) is 1.44. The Morgan fingerprint density at radius 3 is 2.71 bits per heavy atom. The van der Waals surface area contributed by atoms with Gasteiger partial charge in [0.05, 0.1) is 0 Å². The van der Waals surface area contributed by atoms with E-state index in [2.05, 4.69) is 12.2 Å². The quantitative estimate of drug-likeness (QED) is 0.401. The van der Waals surface area contributed by atoms with Gasteiger partial charge in [-0.15, -0.1) is 0 Å². The van der Waals surface area contributed by atoms with Crippen molar-refractivity contribution in [1.29, 1.82) is 5.26 Å². The molecule has 2 aliphatic carbocycles. The molecule has 1 amide bonds. The van der Waals surface area contributed by atoms with Crippen LogP contribution in [0.2, 0.25) is 0 Å². The second kappa shape index (κ2) is 3.30. The molecule has 0 aromatic carbocycles. The summed E-state index contributed by atoms with van der Waals surface area (Å²) in [6.45, 7) is 0. The molecule has 2 rings (SSSR count). The second-order valence-corrected chi connectivity index (χ2v) is 4.00. The molecule has 14 heavy (non-hydrogen) atoms. The molecule has 3 nitrogen and oxygen atoms in total. The molecule has 0 aliphatic heterocycles. The molecular formula is C11H12N2O. The number of hydrogen-bond donors (Lipinski definition) is 1. The standard InChI is InChI=1S/C11H12N2O/c12-6-10(11(13)14)5-9-4-7-1-2-8(9)3-7/h1-2,5,7-9H,3-4H2,(H2,13,14)/b10-5+. The van der Waals surface area contributed by atoms with Gasteiger partial charge in [-0.05, 0) is 30.6 Å². The van der Waals surface area contributed by atoms with Crippen molar-refractivity contribution in [2.75, 3.05) is 0 Å². The fraction of sp³-hybridized carbons (Fsp3) is 0.455. The minimum atomic E-state index is -0.612.